The Kier molecular flexibility index (Phi) is 4.56. The molecule has 1 aromatic rings. The average molecular weight is 210 g/mol. The molecule has 0 saturated carbocycles. The molecule has 1 aromatic heterocycles. The first kappa shape index (κ1) is 11.5. The van der Waals surface area contributed by atoms with Crippen molar-refractivity contribution in [2.45, 2.75) is 13.0 Å². The summed E-state index contributed by atoms with van der Waals surface area (Å²) in [7, 11) is 1.56. The normalized spacial score (nSPS) is 9.93. The molecule has 5 nitrogen and oxygen atoms in total. The summed E-state index contributed by atoms with van der Waals surface area (Å²) in [5.41, 5.74) is 0.922. The van der Waals surface area contributed by atoms with Gasteiger partial charge in [0.05, 0.1) is 13.5 Å². The quantitative estimate of drug-likeness (QED) is 0.675. The molecule has 2 N–H and O–H groups in total. The van der Waals surface area contributed by atoms with Crippen LogP contribution in [-0.4, -0.2) is 29.7 Å². The molecular weight excluding hydrogens is 196 g/mol. The highest BCUT2D eigenvalue weighted by molar-refractivity contribution is 5.66. The lowest BCUT2D eigenvalue weighted by Gasteiger charge is -2.07. The maximum Gasteiger partial charge on any atom is 0.304 e. The molecule has 82 valence electrons. The van der Waals surface area contributed by atoms with Crippen LogP contribution in [0.2, 0.25) is 0 Å². The van der Waals surface area contributed by atoms with E-state index in [1.54, 1.807) is 13.3 Å². The summed E-state index contributed by atoms with van der Waals surface area (Å²) in [6, 6.07) is 3.70. The minimum Gasteiger partial charge on any atom is -0.481 e. The van der Waals surface area contributed by atoms with Gasteiger partial charge < -0.3 is 15.2 Å². The number of rotatable bonds is 6. The lowest BCUT2D eigenvalue weighted by Crippen LogP contribution is -2.18. The van der Waals surface area contributed by atoms with E-state index in [0.717, 1.165) is 5.56 Å². The van der Waals surface area contributed by atoms with Crippen molar-refractivity contribution in [3.63, 3.8) is 0 Å². The minimum atomic E-state index is -0.805. The number of nitrogens with one attached hydrogen (secondary N) is 1. The molecule has 0 saturated heterocycles. The Bertz CT molecular complexity index is 328. The number of methoxy groups -OCH3 is 1. The van der Waals surface area contributed by atoms with E-state index in [2.05, 4.69) is 10.3 Å². The zero-order valence-electron chi connectivity index (χ0n) is 8.56. The number of hydrogen-bond acceptors (Lipinski definition) is 4. The first-order chi connectivity index (χ1) is 7.24. The Morgan fingerprint density at radius 3 is 3.13 bits per heavy atom. The standard InChI is InChI=1S/C10H14N2O3/c1-15-10-8(3-2-5-12-10)7-11-6-4-9(13)14/h2-3,5,11H,4,6-7H2,1H3,(H,13,14). The summed E-state index contributed by atoms with van der Waals surface area (Å²) in [5.74, 6) is -0.235. The van der Waals surface area contributed by atoms with Crippen LogP contribution in [0.1, 0.15) is 12.0 Å². The number of carboxylic acids is 1. The van der Waals surface area contributed by atoms with Gasteiger partial charge in [-0.2, -0.15) is 0 Å². The summed E-state index contributed by atoms with van der Waals surface area (Å²) in [4.78, 5) is 14.3. The number of hydrogen-bond donors (Lipinski definition) is 2. The largest absolute Gasteiger partial charge is 0.481 e. The van der Waals surface area contributed by atoms with Gasteiger partial charge in [-0.05, 0) is 6.07 Å². The van der Waals surface area contributed by atoms with Gasteiger partial charge in [-0.3, -0.25) is 4.79 Å². The molecule has 0 aliphatic heterocycles. The highest BCUT2D eigenvalue weighted by atomic mass is 16.5. The topological polar surface area (TPSA) is 71.5 Å². The number of nitrogens with zero attached hydrogens (tertiary/aromatic N) is 1. The molecule has 5 heteroatoms. The Morgan fingerprint density at radius 2 is 2.47 bits per heavy atom. The van der Waals surface area contributed by atoms with Crippen LogP contribution in [0.15, 0.2) is 18.3 Å². The molecule has 1 rings (SSSR count). The van der Waals surface area contributed by atoms with Crippen molar-refractivity contribution in [2.24, 2.45) is 0 Å². The molecule has 15 heavy (non-hydrogen) atoms. The summed E-state index contributed by atoms with van der Waals surface area (Å²) in [6.07, 6.45) is 1.77. The van der Waals surface area contributed by atoms with Crippen LogP contribution in [0.3, 0.4) is 0 Å². The fourth-order valence-electron chi connectivity index (χ4n) is 1.16. The Hall–Kier alpha value is -1.62. The summed E-state index contributed by atoms with van der Waals surface area (Å²) in [5, 5.41) is 11.4. The average Bonchev–Trinajstić information content (AvgIpc) is 2.24. The third-order valence-electron chi connectivity index (χ3n) is 1.87. The molecule has 0 radical (unpaired) electrons. The summed E-state index contributed by atoms with van der Waals surface area (Å²) < 4.78 is 5.06. The maximum absolute atomic E-state index is 10.3. The lowest BCUT2D eigenvalue weighted by atomic mass is 10.2. The van der Waals surface area contributed by atoms with Crippen molar-refractivity contribution in [1.29, 1.82) is 0 Å². The van der Waals surface area contributed by atoms with Crippen LogP contribution in [0.5, 0.6) is 5.88 Å². The number of pyridine rings is 1. The first-order valence-electron chi connectivity index (χ1n) is 4.64. The zero-order valence-corrected chi connectivity index (χ0v) is 8.56. The highest BCUT2D eigenvalue weighted by Gasteiger charge is 2.02. The van der Waals surface area contributed by atoms with E-state index in [1.165, 1.54) is 0 Å². The predicted molar refractivity (Wildman–Crippen MR) is 54.7 cm³/mol. The van der Waals surface area contributed by atoms with Crippen molar-refractivity contribution < 1.29 is 14.6 Å². The van der Waals surface area contributed by atoms with E-state index in [-0.39, 0.29) is 6.42 Å². The maximum atomic E-state index is 10.3. The van der Waals surface area contributed by atoms with Gasteiger partial charge in [-0.1, -0.05) is 6.07 Å². The van der Waals surface area contributed by atoms with Crippen molar-refractivity contribution >= 4 is 5.97 Å². The van der Waals surface area contributed by atoms with Crippen molar-refractivity contribution in [3.8, 4) is 5.88 Å². The smallest absolute Gasteiger partial charge is 0.304 e. The van der Waals surface area contributed by atoms with Gasteiger partial charge >= 0.3 is 5.97 Å². The molecule has 0 atom stereocenters. The molecular formula is C10H14N2O3. The highest BCUT2D eigenvalue weighted by Crippen LogP contribution is 2.12. The Morgan fingerprint density at radius 1 is 1.67 bits per heavy atom. The molecule has 0 bridgehead atoms. The molecule has 0 aliphatic rings. The van der Waals surface area contributed by atoms with Gasteiger partial charge in [0.25, 0.3) is 0 Å². The number of carboxylic acid groups (broad SMARTS) is 1. The van der Waals surface area contributed by atoms with Gasteiger partial charge in [-0.15, -0.1) is 0 Å². The summed E-state index contributed by atoms with van der Waals surface area (Å²) in [6.45, 7) is 0.998. The van der Waals surface area contributed by atoms with Gasteiger partial charge in [0.2, 0.25) is 5.88 Å². The van der Waals surface area contributed by atoms with Crippen LogP contribution in [0.4, 0.5) is 0 Å². The van der Waals surface area contributed by atoms with E-state index in [0.29, 0.717) is 19.0 Å². The van der Waals surface area contributed by atoms with E-state index in [1.807, 2.05) is 12.1 Å². The Labute approximate surface area is 88.1 Å². The van der Waals surface area contributed by atoms with Crippen LogP contribution < -0.4 is 10.1 Å². The number of aromatic nitrogens is 1. The number of carbonyl (C=O) groups is 1. The monoisotopic (exact) mass is 210 g/mol. The molecule has 0 fully saturated rings. The predicted octanol–water partition coefficient (Wildman–Crippen LogP) is 0.655. The molecule has 1 heterocycles. The first-order valence-corrected chi connectivity index (χ1v) is 4.64. The van der Waals surface area contributed by atoms with Crippen LogP contribution >= 0.6 is 0 Å². The van der Waals surface area contributed by atoms with Gasteiger partial charge in [0, 0.05) is 24.8 Å². The second kappa shape index (κ2) is 5.98. The van der Waals surface area contributed by atoms with Crippen molar-refractivity contribution in [2.75, 3.05) is 13.7 Å². The fraction of sp³-hybridized carbons (Fsp3) is 0.400. The molecule has 0 spiro atoms. The van der Waals surface area contributed by atoms with Crippen LogP contribution in [0, 0.1) is 0 Å². The zero-order chi connectivity index (χ0) is 11.1. The van der Waals surface area contributed by atoms with Crippen molar-refractivity contribution in [3.05, 3.63) is 23.9 Å². The van der Waals surface area contributed by atoms with Crippen molar-refractivity contribution in [1.82, 2.24) is 10.3 Å². The minimum absolute atomic E-state index is 0.114. The van der Waals surface area contributed by atoms with E-state index in [9.17, 15) is 4.79 Å². The van der Waals surface area contributed by atoms with Crippen LogP contribution in [0.25, 0.3) is 0 Å². The van der Waals surface area contributed by atoms with Crippen LogP contribution in [-0.2, 0) is 11.3 Å². The Balaban J connectivity index is 2.39. The molecule has 0 aromatic carbocycles. The molecule has 0 aliphatic carbocycles. The van der Waals surface area contributed by atoms with Gasteiger partial charge in [-0.25, -0.2) is 4.98 Å². The van der Waals surface area contributed by atoms with E-state index in [4.69, 9.17) is 9.84 Å². The summed E-state index contributed by atoms with van der Waals surface area (Å²) >= 11 is 0. The third-order valence-corrected chi connectivity index (χ3v) is 1.87. The second-order valence-corrected chi connectivity index (χ2v) is 2.99. The van der Waals surface area contributed by atoms with Gasteiger partial charge in [0.15, 0.2) is 0 Å². The SMILES string of the molecule is COc1ncccc1CNCCC(=O)O. The third kappa shape index (κ3) is 3.95. The van der Waals surface area contributed by atoms with E-state index >= 15 is 0 Å². The second-order valence-electron chi connectivity index (χ2n) is 2.99. The van der Waals surface area contributed by atoms with Gasteiger partial charge in [0.1, 0.15) is 0 Å². The van der Waals surface area contributed by atoms with E-state index < -0.39 is 5.97 Å². The lowest BCUT2D eigenvalue weighted by molar-refractivity contribution is -0.136. The molecule has 0 unspecified atom stereocenters. The number of ether oxygens (including phenoxy) is 1. The molecule has 0 amide bonds. The fourth-order valence-corrected chi connectivity index (χ4v) is 1.16. The number of aliphatic carboxylic acids is 1.